The van der Waals surface area contributed by atoms with Crippen LogP contribution in [0.2, 0.25) is 20.1 Å². The molecule has 8 aromatic heterocycles. The second kappa shape index (κ2) is 35.1. The van der Waals surface area contributed by atoms with Gasteiger partial charge in [0.05, 0.1) is 42.1 Å². The van der Waals surface area contributed by atoms with Crippen LogP contribution in [0.4, 0.5) is 0 Å². The summed E-state index contributed by atoms with van der Waals surface area (Å²) in [6.45, 7) is 42.1. The normalized spacial score (nSPS) is 15.6. The highest BCUT2D eigenvalue weighted by Gasteiger charge is 2.40. The molecule has 4 aliphatic heterocycles. The Hall–Kier alpha value is -9.55. The number of aliphatic imine (C=N–C) groups is 4. The van der Waals surface area contributed by atoms with Crippen molar-refractivity contribution in [3.8, 4) is 20.0 Å². The third-order valence-corrected chi connectivity index (χ3v) is 26.0. The highest BCUT2D eigenvalue weighted by Crippen LogP contribution is 2.46. The molecule has 120 heavy (non-hydrogen) atoms. The zero-order valence-electron chi connectivity index (χ0n) is 71.2. The first-order valence-electron chi connectivity index (χ1n) is 39.3. The highest BCUT2D eigenvalue weighted by molar-refractivity contribution is 7.16. The van der Waals surface area contributed by atoms with Crippen molar-refractivity contribution in [2.75, 3.05) is 7.11 Å². The number of esters is 3. The van der Waals surface area contributed by atoms with Gasteiger partial charge in [-0.1, -0.05) is 102 Å². The van der Waals surface area contributed by atoms with Gasteiger partial charge in [0, 0.05) is 97.6 Å². The number of ether oxygens (including phenoxy) is 4. The Labute approximate surface area is 735 Å². The topological polar surface area (TPSA) is 260 Å². The molecule has 0 spiro atoms. The molecule has 0 saturated heterocycles. The van der Waals surface area contributed by atoms with Crippen molar-refractivity contribution in [1.29, 1.82) is 0 Å². The molecule has 31 heteroatoms. The van der Waals surface area contributed by atoms with Crippen molar-refractivity contribution in [2.24, 2.45) is 20.0 Å². The molecule has 0 unspecified atom stereocenters. The Kier molecular flexibility index (Phi) is 25.8. The molecule has 626 valence electrons. The molecule has 0 radical (unpaired) electrons. The Balaban J connectivity index is 0.000000139. The fraction of sp³-hybridized carbons (Fsp3) is 0.382. The number of thiophene rings is 4. The van der Waals surface area contributed by atoms with Crippen molar-refractivity contribution >= 4 is 133 Å². The van der Waals surface area contributed by atoms with Crippen molar-refractivity contribution in [3.63, 3.8) is 0 Å². The number of methoxy groups -OCH3 is 1. The number of fused-ring (bicyclic) bond motifs is 12. The third-order valence-electron chi connectivity index (χ3n) is 20.2. The number of hydrogen-bond donors (Lipinski definition) is 0. The van der Waals surface area contributed by atoms with Gasteiger partial charge in [0.1, 0.15) is 85.1 Å². The maximum absolute atomic E-state index is 12.8. The Morgan fingerprint density at radius 1 is 0.417 bits per heavy atom. The van der Waals surface area contributed by atoms with Gasteiger partial charge < -0.3 is 18.9 Å². The average molecular weight is 1770 g/mol. The monoisotopic (exact) mass is 1770 g/mol. The van der Waals surface area contributed by atoms with E-state index in [0.29, 0.717) is 38.4 Å². The maximum atomic E-state index is 12.8. The van der Waals surface area contributed by atoms with E-state index < -0.39 is 40.5 Å². The molecule has 23 nitrogen and oxygen atoms in total. The SMILES string of the molecule is CCc1nnc2n1-c1sc(C)c(C)c1C(c1ccc(Cl)cc1)=N[C@H]2CC(=O)OC(C)(C)C.COCc1nnc2n1-c1sc(C)c(C)c1C(c1ccc(Cl)cc1)=N[C@H]2CC(=O)OC(C)(C)C.Cc1sc2c(c1C)C(c1ccc(Cl)cc1)=NC(C)(C)c1nnc(C)n1-2.Cc1sc2c(c1C)C(c1ccc(Cl)cc1)=N[C@@H](CC(=O)OC(C)(C)C)c1nncn1-2. The van der Waals surface area contributed by atoms with Crippen LogP contribution < -0.4 is 0 Å². The summed E-state index contributed by atoms with van der Waals surface area (Å²) in [5.74, 6) is 4.20. The molecule has 0 aliphatic carbocycles. The molecule has 0 amide bonds. The minimum absolute atomic E-state index is 0.0481. The lowest BCUT2D eigenvalue weighted by Crippen LogP contribution is -2.25. The Morgan fingerprint density at radius 3 is 1.11 bits per heavy atom. The molecule has 12 aromatic rings. The second-order valence-electron chi connectivity index (χ2n) is 33.1. The molecule has 12 heterocycles. The van der Waals surface area contributed by atoms with Gasteiger partial charge in [0.15, 0.2) is 29.1 Å². The summed E-state index contributed by atoms with van der Waals surface area (Å²) >= 11 is 31.3. The largest absolute Gasteiger partial charge is 0.460 e. The van der Waals surface area contributed by atoms with E-state index in [1.807, 2.05) is 175 Å². The van der Waals surface area contributed by atoms with Crippen LogP contribution in [0.1, 0.15) is 248 Å². The van der Waals surface area contributed by atoms with Crippen LogP contribution in [0.5, 0.6) is 0 Å². The van der Waals surface area contributed by atoms with Crippen LogP contribution in [0, 0.1) is 62.3 Å². The van der Waals surface area contributed by atoms with E-state index in [1.54, 1.807) is 58.8 Å². The lowest BCUT2D eigenvalue weighted by atomic mass is 9.98. The average Bonchev–Trinajstić information content (AvgIpc) is 1.56. The molecular weight excluding hydrogens is 1680 g/mol. The maximum Gasteiger partial charge on any atom is 0.308 e. The summed E-state index contributed by atoms with van der Waals surface area (Å²) in [6.07, 6.45) is 2.62. The number of halogens is 4. The number of carbonyl (C=O) groups excluding carboxylic acids is 3. The molecule has 4 aromatic carbocycles. The van der Waals surface area contributed by atoms with E-state index >= 15 is 0 Å². The summed E-state index contributed by atoms with van der Waals surface area (Å²) in [5.41, 5.74) is 14.1. The number of aromatic nitrogens is 12. The summed E-state index contributed by atoms with van der Waals surface area (Å²) < 4.78 is 30.3. The van der Waals surface area contributed by atoms with E-state index in [1.165, 1.54) is 36.2 Å². The van der Waals surface area contributed by atoms with Gasteiger partial charge in [-0.3, -0.25) is 52.6 Å². The van der Waals surface area contributed by atoms with Crippen LogP contribution in [0.25, 0.3) is 20.0 Å². The van der Waals surface area contributed by atoms with E-state index in [9.17, 15) is 14.4 Å². The van der Waals surface area contributed by atoms with Crippen LogP contribution in [0.3, 0.4) is 0 Å². The minimum atomic E-state index is -0.592. The minimum Gasteiger partial charge on any atom is -0.460 e. The molecule has 16 rings (SSSR count). The first-order valence-corrected chi connectivity index (χ1v) is 44.0. The van der Waals surface area contributed by atoms with Gasteiger partial charge in [-0.15, -0.1) is 86.1 Å². The highest BCUT2D eigenvalue weighted by atomic mass is 35.5. The first-order chi connectivity index (χ1) is 56.6. The molecule has 3 atom stereocenters. The number of aryl methyl sites for hydroxylation is 6. The number of rotatable bonds is 13. The summed E-state index contributed by atoms with van der Waals surface area (Å²) in [5, 5.41) is 41.7. The van der Waals surface area contributed by atoms with Crippen LogP contribution >= 0.6 is 91.8 Å². The van der Waals surface area contributed by atoms with Gasteiger partial charge in [-0.05, 0) is 209 Å². The van der Waals surface area contributed by atoms with Crippen molar-refractivity contribution < 1.29 is 33.3 Å². The molecule has 0 N–H and O–H groups in total. The van der Waals surface area contributed by atoms with Crippen LogP contribution in [-0.2, 0) is 51.9 Å². The predicted octanol–water partition coefficient (Wildman–Crippen LogP) is 21.4. The molecule has 0 saturated carbocycles. The smallest absolute Gasteiger partial charge is 0.308 e. The molecular formula is C89H96Cl4N16O7S4. The second-order valence-corrected chi connectivity index (χ2v) is 39.7. The zero-order valence-corrected chi connectivity index (χ0v) is 77.5. The Bertz CT molecular complexity index is 6030. The third kappa shape index (κ3) is 18.7. The fourth-order valence-corrected chi connectivity index (χ4v) is 19.6. The summed E-state index contributed by atoms with van der Waals surface area (Å²) in [6, 6.07) is 29.2. The first kappa shape index (κ1) is 88.2. The van der Waals surface area contributed by atoms with Gasteiger partial charge in [-0.2, -0.15) is 0 Å². The van der Waals surface area contributed by atoms with E-state index in [2.05, 4.69) is 126 Å². The zero-order chi connectivity index (χ0) is 86.7. The quantitative estimate of drug-likeness (QED) is 0.0767. The number of carbonyl (C=O) groups is 3. The van der Waals surface area contributed by atoms with Crippen molar-refractivity contribution in [3.05, 3.63) is 251 Å². The summed E-state index contributed by atoms with van der Waals surface area (Å²) in [7, 11) is 1.62. The van der Waals surface area contributed by atoms with Crippen LogP contribution in [0.15, 0.2) is 123 Å². The van der Waals surface area contributed by atoms with E-state index in [0.717, 1.165) is 122 Å². The number of hydrogen-bond acceptors (Lipinski definition) is 23. The van der Waals surface area contributed by atoms with Gasteiger partial charge in [0.25, 0.3) is 0 Å². The fourth-order valence-electron chi connectivity index (χ4n) is 14.4. The molecule has 0 bridgehead atoms. The molecule has 4 aliphatic rings. The van der Waals surface area contributed by atoms with Gasteiger partial charge in [0.2, 0.25) is 0 Å². The molecule has 0 fully saturated rings. The number of benzene rings is 4. The van der Waals surface area contributed by atoms with Crippen LogP contribution in [-0.4, -0.2) is 124 Å². The predicted molar refractivity (Wildman–Crippen MR) is 481 cm³/mol. The van der Waals surface area contributed by atoms with E-state index in [-0.39, 0.29) is 43.8 Å². The number of nitrogens with zero attached hydrogens (tertiary/aromatic N) is 16. The van der Waals surface area contributed by atoms with Gasteiger partial charge >= 0.3 is 17.9 Å². The van der Waals surface area contributed by atoms with E-state index in [4.69, 9.17) is 85.3 Å². The van der Waals surface area contributed by atoms with Gasteiger partial charge in [-0.25, -0.2) is 0 Å². The van der Waals surface area contributed by atoms with Crippen molar-refractivity contribution in [1.82, 2.24) is 59.1 Å². The Morgan fingerprint density at radius 2 is 0.742 bits per heavy atom. The van der Waals surface area contributed by atoms with Crippen molar-refractivity contribution in [2.45, 2.75) is 218 Å². The lowest BCUT2D eigenvalue weighted by Gasteiger charge is -2.21. The lowest BCUT2D eigenvalue weighted by molar-refractivity contribution is -0.156. The summed E-state index contributed by atoms with van der Waals surface area (Å²) in [4.78, 5) is 63.5. The standard InChI is InChI=1S/C24H27ClN4O3S.C24H27ClN4O2S.C22H23ClN4O2S.C19H19ClN4S/c1-13-14(2)33-23-20(13)21(15-7-9-16(25)10-8-15)26-17(11-19(30)32-24(3,4)5)22-28-27-18(12-31-6)29(22)23;1-7-18-27-28-22-17(12-19(30)31-24(4,5)6)26-21(15-8-10-16(25)11-9-15)20-13(2)14(3)32-23(20)29(18)22;1-12-13(2)30-21-18(12)19(14-6-8-15(23)9-7-14)25-16(20-26-24-11-27(20)21)10-17(28)29-22(3,4)5;1-10-11(2)25-17-15(10)16(13-6-8-14(20)9-7-13)21-19(4,5)18-23-22-12(3)24(17)18/h7-10,17H,11-12H2,1-6H3;8-11,17H,7,12H2,1-6H3;6-9,11,16H,10H2,1-5H3;6-9H,1-5H3/t2*17-;16-;/m000./s1.